The number of carbonyl (C=O) groups excluding carboxylic acids is 1. The van der Waals surface area contributed by atoms with Crippen LogP contribution in [0.3, 0.4) is 0 Å². The van der Waals surface area contributed by atoms with E-state index in [1.807, 2.05) is 47.2 Å². The highest BCUT2D eigenvalue weighted by molar-refractivity contribution is 5.94. The molecule has 0 bridgehead atoms. The number of nitrogens with zero attached hydrogens (tertiary/aromatic N) is 5. The van der Waals surface area contributed by atoms with E-state index in [9.17, 15) is 4.79 Å². The Kier molecular flexibility index (Phi) is 7.15. The quantitative estimate of drug-likeness (QED) is 0.463. The zero-order valence-electron chi connectivity index (χ0n) is 17.5. The number of rotatable bonds is 7. The summed E-state index contributed by atoms with van der Waals surface area (Å²) in [5, 5.41) is 6.63. The number of aromatic nitrogens is 3. The van der Waals surface area contributed by atoms with E-state index in [1.165, 1.54) is 0 Å². The maximum absolute atomic E-state index is 12.1. The molecule has 1 amide bonds. The van der Waals surface area contributed by atoms with Gasteiger partial charge in [0.2, 0.25) is 0 Å². The largest absolute Gasteiger partial charge is 0.356 e. The average Bonchev–Trinajstić information content (AvgIpc) is 3.31. The van der Waals surface area contributed by atoms with Crippen LogP contribution >= 0.6 is 0 Å². The van der Waals surface area contributed by atoms with Crippen LogP contribution in [-0.4, -0.2) is 59.0 Å². The van der Waals surface area contributed by atoms with Crippen LogP contribution in [0.2, 0.25) is 0 Å². The summed E-state index contributed by atoms with van der Waals surface area (Å²) in [4.78, 5) is 26.4. The maximum Gasteiger partial charge on any atom is 0.253 e. The topological polar surface area (TPSA) is 87.4 Å². The van der Waals surface area contributed by atoms with Crippen LogP contribution in [0.4, 0.5) is 0 Å². The maximum atomic E-state index is 12.1. The molecule has 156 valence electrons. The molecule has 8 nitrogen and oxygen atoms in total. The van der Waals surface area contributed by atoms with E-state index in [0.29, 0.717) is 18.7 Å². The van der Waals surface area contributed by atoms with Gasteiger partial charge in [-0.3, -0.25) is 14.4 Å². The number of benzene rings is 1. The smallest absolute Gasteiger partial charge is 0.253 e. The molecule has 0 saturated heterocycles. The first-order valence-electron chi connectivity index (χ1n) is 9.75. The van der Waals surface area contributed by atoms with Crippen molar-refractivity contribution in [2.75, 3.05) is 27.7 Å². The fraction of sp³-hybridized carbons (Fsp3) is 0.273. The number of nitrogens with one attached hydrogen (secondary N) is 2. The minimum Gasteiger partial charge on any atom is -0.356 e. The lowest BCUT2D eigenvalue weighted by Gasteiger charge is -2.13. The molecule has 1 aromatic carbocycles. The zero-order chi connectivity index (χ0) is 21.3. The summed E-state index contributed by atoms with van der Waals surface area (Å²) in [6.45, 7) is 1.33. The Bertz CT molecular complexity index is 996. The molecule has 2 N–H and O–H groups in total. The van der Waals surface area contributed by atoms with Crippen molar-refractivity contribution in [3.05, 3.63) is 78.0 Å². The van der Waals surface area contributed by atoms with E-state index in [2.05, 4.69) is 25.6 Å². The van der Waals surface area contributed by atoms with Crippen molar-refractivity contribution in [2.45, 2.75) is 13.0 Å². The van der Waals surface area contributed by atoms with Crippen molar-refractivity contribution in [1.82, 2.24) is 30.1 Å². The molecule has 3 rings (SSSR count). The van der Waals surface area contributed by atoms with Gasteiger partial charge in [0.15, 0.2) is 5.96 Å². The third-order valence-corrected chi connectivity index (χ3v) is 4.55. The van der Waals surface area contributed by atoms with E-state index >= 15 is 0 Å². The van der Waals surface area contributed by atoms with Crippen molar-refractivity contribution in [3.8, 4) is 5.82 Å². The third-order valence-electron chi connectivity index (χ3n) is 4.55. The summed E-state index contributed by atoms with van der Waals surface area (Å²) in [6.07, 6.45) is 7.88. The summed E-state index contributed by atoms with van der Waals surface area (Å²) < 4.78 is 1.87. The molecule has 8 heteroatoms. The highest BCUT2D eigenvalue weighted by Crippen LogP contribution is 2.08. The molecule has 0 spiro atoms. The van der Waals surface area contributed by atoms with Crippen molar-refractivity contribution in [1.29, 1.82) is 0 Å². The summed E-state index contributed by atoms with van der Waals surface area (Å²) in [5.74, 6) is 1.55. The summed E-state index contributed by atoms with van der Waals surface area (Å²) in [7, 11) is 5.26. The molecule has 0 saturated carbocycles. The van der Waals surface area contributed by atoms with Gasteiger partial charge < -0.3 is 15.5 Å². The van der Waals surface area contributed by atoms with E-state index in [4.69, 9.17) is 0 Å². The van der Waals surface area contributed by atoms with Crippen LogP contribution in [0.5, 0.6) is 0 Å². The monoisotopic (exact) mass is 405 g/mol. The van der Waals surface area contributed by atoms with E-state index in [0.717, 1.165) is 29.3 Å². The first-order valence-corrected chi connectivity index (χ1v) is 9.75. The second-order valence-electron chi connectivity index (χ2n) is 6.99. The van der Waals surface area contributed by atoms with Gasteiger partial charge in [0.25, 0.3) is 5.91 Å². The Morgan fingerprint density at radius 2 is 2.00 bits per heavy atom. The van der Waals surface area contributed by atoms with Gasteiger partial charge in [0.1, 0.15) is 12.1 Å². The first-order chi connectivity index (χ1) is 14.6. The minimum atomic E-state index is 0.00898. The second-order valence-corrected chi connectivity index (χ2v) is 6.99. The van der Waals surface area contributed by atoms with E-state index < -0.39 is 0 Å². The Labute approximate surface area is 176 Å². The van der Waals surface area contributed by atoms with Crippen molar-refractivity contribution in [2.24, 2.45) is 4.99 Å². The second kappa shape index (κ2) is 10.2. The lowest BCUT2D eigenvalue weighted by atomic mass is 10.1. The summed E-state index contributed by atoms with van der Waals surface area (Å²) >= 11 is 0. The van der Waals surface area contributed by atoms with Crippen LogP contribution in [0.15, 0.2) is 66.3 Å². The SMILES string of the molecule is CN=C(NCCc1cccc(C(=O)N(C)C)c1)NCc1ccnc(-n2ccnc2)c1. The van der Waals surface area contributed by atoms with Crippen molar-refractivity contribution >= 4 is 11.9 Å². The van der Waals surface area contributed by atoms with Gasteiger partial charge in [0.05, 0.1) is 0 Å². The number of hydrogen-bond acceptors (Lipinski definition) is 4. The molecule has 0 aliphatic heterocycles. The van der Waals surface area contributed by atoms with Gasteiger partial charge in [-0.05, 0) is 41.8 Å². The number of carbonyl (C=O) groups is 1. The highest BCUT2D eigenvalue weighted by atomic mass is 16.2. The van der Waals surface area contributed by atoms with Crippen LogP contribution in [-0.2, 0) is 13.0 Å². The normalized spacial score (nSPS) is 11.2. The number of aliphatic imine (C=N–C) groups is 1. The molecule has 2 aromatic heterocycles. The number of hydrogen-bond donors (Lipinski definition) is 2. The molecule has 0 fully saturated rings. The highest BCUT2D eigenvalue weighted by Gasteiger charge is 2.08. The summed E-state index contributed by atoms with van der Waals surface area (Å²) in [6, 6.07) is 11.7. The molecular weight excluding hydrogens is 378 g/mol. The number of guanidine groups is 1. The van der Waals surface area contributed by atoms with E-state index in [1.54, 1.807) is 44.8 Å². The van der Waals surface area contributed by atoms with Gasteiger partial charge in [-0.2, -0.15) is 0 Å². The zero-order valence-corrected chi connectivity index (χ0v) is 17.5. The predicted octanol–water partition coefficient (Wildman–Crippen LogP) is 1.88. The number of amides is 1. The lowest BCUT2D eigenvalue weighted by molar-refractivity contribution is 0.0827. The molecule has 0 unspecified atom stereocenters. The summed E-state index contributed by atoms with van der Waals surface area (Å²) in [5.41, 5.74) is 2.89. The minimum absolute atomic E-state index is 0.00898. The van der Waals surface area contributed by atoms with Gasteiger partial charge in [0, 0.05) is 58.4 Å². The Hall–Kier alpha value is -3.68. The van der Waals surface area contributed by atoms with Crippen molar-refractivity contribution < 1.29 is 4.79 Å². The molecule has 0 aliphatic rings. The fourth-order valence-corrected chi connectivity index (χ4v) is 2.96. The third kappa shape index (κ3) is 5.66. The lowest BCUT2D eigenvalue weighted by Crippen LogP contribution is -2.37. The molecule has 0 aliphatic carbocycles. The number of imidazole rings is 1. The molecule has 3 aromatic rings. The molecule has 0 atom stereocenters. The fourth-order valence-electron chi connectivity index (χ4n) is 2.96. The molecule has 30 heavy (non-hydrogen) atoms. The van der Waals surface area contributed by atoms with Crippen LogP contribution < -0.4 is 10.6 Å². The van der Waals surface area contributed by atoms with Crippen molar-refractivity contribution in [3.63, 3.8) is 0 Å². The van der Waals surface area contributed by atoms with Gasteiger partial charge >= 0.3 is 0 Å². The van der Waals surface area contributed by atoms with E-state index in [-0.39, 0.29) is 5.91 Å². The first kappa shape index (κ1) is 21.0. The van der Waals surface area contributed by atoms with Crippen LogP contribution in [0.1, 0.15) is 21.5 Å². The Balaban J connectivity index is 1.51. The van der Waals surface area contributed by atoms with Gasteiger partial charge in [-0.15, -0.1) is 0 Å². The standard InChI is InChI=1S/C22H27N7O/c1-23-22(26-10-7-17-5-4-6-19(13-17)21(30)28(2)3)27-15-18-8-9-25-20(14-18)29-12-11-24-16-29/h4-6,8-9,11-14,16H,7,10,15H2,1-3H3,(H2,23,26,27). The average molecular weight is 406 g/mol. The molecule has 2 heterocycles. The molecular formula is C22H27N7O. The Morgan fingerprint density at radius 1 is 1.13 bits per heavy atom. The van der Waals surface area contributed by atoms with Gasteiger partial charge in [-0.1, -0.05) is 12.1 Å². The number of pyridine rings is 1. The predicted molar refractivity (Wildman–Crippen MR) is 118 cm³/mol. The van der Waals surface area contributed by atoms with Crippen LogP contribution in [0.25, 0.3) is 5.82 Å². The van der Waals surface area contributed by atoms with Crippen LogP contribution in [0, 0.1) is 0 Å². The molecule has 0 radical (unpaired) electrons. The Morgan fingerprint density at radius 3 is 2.73 bits per heavy atom. The van der Waals surface area contributed by atoms with Gasteiger partial charge in [-0.25, -0.2) is 9.97 Å².